The predicted octanol–water partition coefficient (Wildman–Crippen LogP) is 2.06. The van der Waals surface area contributed by atoms with E-state index in [1.165, 1.54) is 11.1 Å². The maximum absolute atomic E-state index is 12.0. The number of benzene rings is 1. The van der Waals surface area contributed by atoms with Crippen LogP contribution in [-0.2, 0) is 17.6 Å². The van der Waals surface area contributed by atoms with E-state index in [-0.39, 0.29) is 18.0 Å². The molecule has 1 aliphatic carbocycles. The van der Waals surface area contributed by atoms with Gasteiger partial charge in [-0.05, 0) is 63.3 Å². The number of rotatable bonds is 5. The Labute approximate surface area is 127 Å². The van der Waals surface area contributed by atoms with E-state index < -0.39 is 0 Å². The molecule has 0 saturated heterocycles. The summed E-state index contributed by atoms with van der Waals surface area (Å²) in [6, 6.07) is 6.65. The number of hydrogen-bond acceptors (Lipinski definition) is 3. The zero-order valence-electron chi connectivity index (χ0n) is 13.4. The molecule has 2 atom stereocenters. The molecular weight excluding hydrogens is 264 g/mol. The third-order valence-electron chi connectivity index (χ3n) is 3.95. The van der Waals surface area contributed by atoms with Gasteiger partial charge in [-0.15, -0.1) is 0 Å². The van der Waals surface area contributed by atoms with Gasteiger partial charge in [-0.1, -0.05) is 6.07 Å². The summed E-state index contributed by atoms with van der Waals surface area (Å²) in [5, 5.41) is 6.40. The number of aryl methyl sites for hydroxylation is 1. The molecule has 0 heterocycles. The molecule has 4 nitrogen and oxygen atoms in total. The monoisotopic (exact) mass is 290 g/mol. The van der Waals surface area contributed by atoms with E-state index in [4.69, 9.17) is 4.74 Å². The molecule has 2 unspecified atom stereocenters. The van der Waals surface area contributed by atoms with Gasteiger partial charge >= 0.3 is 0 Å². The summed E-state index contributed by atoms with van der Waals surface area (Å²) in [6.45, 7) is 5.89. The SMILES string of the molecule is COc1ccc2c(c1)CC(NC(C)C(=O)NC(C)C)CC2. The Bertz CT molecular complexity index is 500. The summed E-state index contributed by atoms with van der Waals surface area (Å²) < 4.78 is 5.29. The van der Waals surface area contributed by atoms with Crippen LogP contribution >= 0.6 is 0 Å². The molecule has 0 aliphatic heterocycles. The number of methoxy groups -OCH3 is 1. The Morgan fingerprint density at radius 2 is 2.05 bits per heavy atom. The summed E-state index contributed by atoms with van der Waals surface area (Å²) in [6.07, 6.45) is 3.07. The Kier molecular flexibility index (Phi) is 5.23. The van der Waals surface area contributed by atoms with Crippen molar-refractivity contribution in [2.24, 2.45) is 0 Å². The van der Waals surface area contributed by atoms with Crippen molar-refractivity contribution in [3.63, 3.8) is 0 Å². The van der Waals surface area contributed by atoms with E-state index in [9.17, 15) is 4.79 Å². The van der Waals surface area contributed by atoms with Gasteiger partial charge < -0.3 is 15.4 Å². The summed E-state index contributed by atoms with van der Waals surface area (Å²) in [7, 11) is 1.69. The van der Waals surface area contributed by atoms with Crippen molar-refractivity contribution in [2.45, 2.75) is 58.2 Å². The predicted molar refractivity (Wildman–Crippen MR) is 84.7 cm³/mol. The number of ether oxygens (including phenoxy) is 1. The number of amides is 1. The first-order chi connectivity index (χ1) is 9.99. The van der Waals surface area contributed by atoms with Crippen LogP contribution in [0.1, 0.15) is 38.3 Å². The molecule has 1 aromatic carbocycles. The number of carbonyl (C=O) groups is 1. The Hall–Kier alpha value is -1.55. The third-order valence-corrected chi connectivity index (χ3v) is 3.95. The molecule has 0 bridgehead atoms. The van der Waals surface area contributed by atoms with Gasteiger partial charge in [-0.25, -0.2) is 0 Å². The molecule has 0 radical (unpaired) electrons. The first-order valence-corrected chi connectivity index (χ1v) is 7.71. The van der Waals surface area contributed by atoms with Crippen molar-refractivity contribution in [3.8, 4) is 5.75 Å². The molecule has 21 heavy (non-hydrogen) atoms. The highest BCUT2D eigenvalue weighted by Gasteiger charge is 2.23. The Morgan fingerprint density at radius 3 is 2.71 bits per heavy atom. The topological polar surface area (TPSA) is 50.4 Å². The number of fused-ring (bicyclic) bond motifs is 1. The lowest BCUT2D eigenvalue weighted by Crippen LogP contribution is -2.49. The van der Waals surface area contributed by atoms with Gasteiger partial charge in [0, 0.05) is 12.1 Å². The van der Waals surface area contributed by atoms with Crippen LogP contribution in [0.3, 0.4) is 0 Å². The average molecular weight is 290 g/mol. The van der Waals surface area contributed by atoms with Gasteiger partial charge in [0.1, 0.15) is 5.75 Å². The Morgan fingerprint density at radius 1 is 1.29 bits per heavy atom. The zero-order chi connectivity index (χ0) is 15.4. The number of hydrogen-bond donors (Lipinski definition) is 2. The van der Waals surface area contributed by atoms with Crippen LogP contribution in [0.4, 0.5) is 0 Å². The zero-order valence-corrected chi connectivity index (χ0v) is 13.4. The molecule has 1 aromatic rings. The first kappa shape index (κ1) is 15.8. The lowest BCUT2D eigenvalue weighted by atomic mass is 9.88. The molecule has 116 valence electrons. The van der Waals surface area contributed by atoms with Crippen molar-refractivity contribution in [3.05, 3.63) is 29.3 Å². The average Bonchev–Trinajstić information content (AvgIpc) is 2.45. The highest BCUT2D eigenvalue weighted by atomic mass is 16.5. The molecular formula is C17H26N2O2. The second-order valence-corrected chi connectivity index (χ2v) is 6.13. The van der Waals surface area contributed by atoms with E-state index in [0.717, 1.165) is 25.0 Å². The molecule has 0 aromatic heterocycles. The van der Waals surface area contributed by atoms with E-state index >= 15 is 0 Å². The van der Waals surface area contributed by atoms with Gasteiger partial charge in [0.2, 0.25) is 5.91 Å². The molecule has 0 saturated carbocycles. The summed E-state index contributed by atoms with van der Waals surface area (Å²) in [5.74, 6) is 0.974. The summed E-state index contributed by atoms with van der Waals surface area (Å²) >= 11 is 0. The second-order valence-electron chi connectivity index (χ2n) is 6.13. The smallest absolute Gasteiger partial charge is 0.237 e. The maximum Gasteiger partial charge on any atom is 0.237 e. The van der Waals surface area contributed by atoms with Gasteiger partial charge in [0.05, 0.1) is 13.2 Å². The fraction of sp³-hybridized carbons (Fsp3) is 0.588. The van der Waals surface area contributed by atoms with E-state index in [0.29, 0.717) is 6.04 Å². The lowest BCUT2D eigenvalue weighted by molar-refractivity contribution is -0.123. The summed E-state index contributed by atoms with van der Waals surface area (Å²) in [4.78, 5) is 12.0. The minimum absolute atomic E-state index is 0.0708. The van der Waals surface area contributed by atoms with Crippen LogP contribution in [0.5, 0.6) is 5.75 Å². The number of nitrogens with one attached hydrogen (secondary N) is 2. The fourth-order valence-corrected chi connectivity index (χ4v) is 2.84. The maximum atomic E-state index is 12.0. The van der Waals surface area contributed by atoms with Crippen molar-refractivity contribution in [2.75, 3.05) is 7.11 Å². The van der Waals surface area contributed by atoms with Crippen molar-refractivity contribution in [1.29, 1.82) is 0 Å². The lowest BCUT2D eigenvalue weighted by Gasteiger charge is -2.28. The highest BCUT2D eigenvalue weighted by Crippen LogP contribution is 2.25. The molecule has 4 heteroatoms. The van der Waals surface area contributed by atoms with Crippen LogP contribution in [0.15, 0.2) is 18.2 Å². The number of carbonyl (C=O) groups excluding carboxylic acids is 1. The largest absolute Gasteiger partial charge is 0.497 e. The molecule has 2 rings (SSSR count). The first-order valence-electron chi connectivity index (χ1n) is 7.71. The normalized spacial score (nSPS) is 19.0. The van der Waals surface area contributed by atoms with Crippen molar-refractivity contribution >= 4 is 5.91 Å². The van der Waals surface area contributed by atoms with Crippen LogP contribution in [0.25, 0.3) is 0 Å². The second kappa shape index (κ2) is 6.94. The quantitative estimate of drug-likeness (QED) is 0.872. The summed E-state index contributed by atoms with van der Waals surface area (Å²) in [5.41, 5.74) is 2.72. The minimum atomic E-state index is -0.162. The van der Waals surface area contributed by atoms with E-state index in [1.54, 1.807) is 7.11 Å². The van der Waals surface area contributed by atoms with Crippen LogP contribution in [0.2, 0.25) is 0 Å². The van der Waals surface area contributed by atoms with Crippen molar-refractivity contribution in [1.82, 2.24) is 10.6 Å². The molecule has 1 amide bonds. The third kappa shape index (κ3) is 4.21. The van der Waals surface area contributed by atoms with E-state index in [2.05, 4.69) is 22.8 Å². The Balaban J connectivity index is 1.96. The van der Waals surface area contributed by atoms with Crippen LogP contribution in [0, 0.1) is 0 Å². The van der Waals surface area contributed by atoms with Crippen LogP contribution < -0.4 is 15.4 Å². The van der Waals surface area contributed by atoms with Gasteiger partial charge in [-0.3, -0.25) is 4.79 Å². The van der Waals surface area contributed by atoms with E-state index in [1.807, 2.05) is 26.8 Å². The molecule has 1 aliphatic rings. The standard InChI is InChI=1S/C17H26N2O2/c1-11(2)18-17(20)12(3)19-15-7-5-13-6-8-16(21-4)10-14(13)9-15/h6,8,10-12,15,19H,5,7,9H2,1-4H3,(H,18,20). The molecule has 2 N–H and O–H groups in total. The minimum Gasteiger partial charge on any atom is -0.497 e. The fourth-order valence-electron chi connectivity index (χ4n) is 2.84. The molecule has 0 spiro atoms. The van der Waals surface area contributed by atoms with Gasteiger partial charge in [0.25, 0.3) is 0 Å². The van der Waals surface area contributed by atoms with Crippen molar-refractivity contribution < 1.29 is 9.53 Å². The van der Waals surface area contributed by atoms with Crippen LogP contribution in [-0.4, -0.2) is 31.1 Å². The highest BCUT2D eigenvalue weighted by molar-refractivity contribution is 5.81. The molecule has 0 fully saturated rings. The van der Waals surface area contributed by atoms with Gasteiger partial charge in [0.15, 0.2) is 0 Å². The van der Waals surface area contributed by atoms with Gasteiger partial charge in [-0.2, -0.15) is 0 Å².